The van der Waals surface area contributed by atoms with E-state index in [4.69, 9.17) is 0 Å². The zero-order valence-corrected chi connectivity index (χ0v) is 17.0. The van der Waals surface area contributed by atoms with Gasteiger partial charge in [0.2, 0.25) is 0 Å². The Morgan fingerprint density at radius 3 is 2.17 bits per heavy atom. The maximum Gasteiger partial charge on any atom is 0.261 e. The molecule has 3 nitrogen and oxygen atoms in total. The van der Waals surface area contributed by atoms with E-state index in [1.54, 1.807) is 41.7 Å². The van der Waals surface area contributed by atoms with E-state index in [9.17, 15) is 9.59 Å². The molecular formula is C25H21NO2S. The van der Waals surface area contributed by atoms with Crippen LogP contribution in [0.25, 0.3) is 23.8 Å². The number of carbonyl (C=O) groups excluding carboxylic acids is 2. The number of rotatable bonds is 5. The van der Waals surface area contributed by atoms with E-state index in [2.05, 4.69) is 32.2 Å². The minimum Gasteiger partial charge on any atom is -0.274 e. The van der Waals surface area contributed by atoms with Crippen LogP contribution in [0.4, 0.5) is 0 Å². The van der Waals surface area contributed by atoms with E-state index in [-0.39, 0.29) is 17.7 Å². The first-order valence-corrected chi connectivity index (χ1v) is 10.3. The van der Waals surface area contributed by atoms with E-state index >= 15 is 0 Å². The average molecular weight is 400 g/mol. The number of thiophene rings is 1. The summed E-state index contributed by atoms with van der Waals surface area (Å²) >= 11 is 1.61. The lowest BCUT2D eigenvalue weighted by molar-refractivity contribution is 0.0647. The largest absolute Gasteiger partial charge is 0.274 e. The molecule has 0 N–H and O–H groups in total. The van der Waals surface area contributed by atoms with E-state index in [0.29, 0.717) is 17.7 Å². The third-order valence-electron chi connectivity index (χ3n) is 5.18. The van der Waals surface area contributed by atoms with E-state index in [1.807, 2.05) is 24.3 Å². The highest BCUT2D eigenvalue weighted by atomic mass is 32.1. The molecular weight excluding hydrogens is 378 g/mol. The second-order valence-electron chi connectivity index (χ2n) is 7.11. The summed E-state index contributed by atoms with van der Waals surface area (Å²) in [6.45, 7) is 10.4. The topological polar surface area (TPSA) is 37.4 Å². The molecule has 0 saturated heterocycles. The van der Waals surface area contributed by atoms with Gasteiger partial charge in [-0.2, -0.15) is 0 Å². The summed E-state index contributed by atoms with van der Waals surface area (Å²) in [6.07, 6.45) is 3.74. The predicted molar refractivity (Wildman–Crippen MR) is 119 cm³/mol. The Kier molecular flexibility index (Phi) is 5.03. The minimum atomic E-state index is -0.219. The SMILES string of the molecule is C=C/C=c1/c(-c2ccccc2)c(C(C)CN2C(=O)c3ccccc3C2=O)sc1=C. The molecule has 1 unspecified atom stereocenters. The second kappa shape index (κ2) is 7.64. The third-order valence-corrected chi connectivity index (χ3v) is 6.47. The molecule has 4 rings (SSSR count). The van der Waals surface area contributed by atoms with Crippen molar-refractivity contribution in [2.45, 2.75) is 12.8 Å². The van der Waals surface area contributed by atoms with Crippen LogP contribution in [0.1, 0.15) is 38.4 Å². The Labute approximate surface area is 173 Å². The summed E-state index contributed by atoms with van der Waals surface area (Å²) in [6, 6.07) is 17.1. The monoisotopic (exact) mass is 399 g/mol. The molecule has 0 aliphatic carbocycles. The molecule has 3 aromatic rings. The van der Waals surface area contributed by atoms with Crippen molar-refractivity contribution in [2.24, 2.45) is 0 Å². The van der Waals surface area contributed by atoms with Crippen LogP contribution in [-0.2, 0) is 0 Å². The van der Waals surface area contributed by atoms with Gasteiger partial charge in [-0.25, -0.2) is 0 Å². The van der Waals surface area contributed by atoms with Gasteiger partial charge in [0.1, 0.15) is 0 Å². The smallest absolute Gasteiger partial charge is 0.261 e. The summed E-state index contributed by atoms with van der Waals surface area (Å²) in [5.74, 6) is -0.462. The summed E-state index contributed by atoms with van der Waals surface area (Å²) in [7, 11) is 0. The maximum atomic E-state index is 12.8. The van der Waals surface area contributed by atoms with Crippen molar-refractivity contribution in [2.75, 3.05) is 6.54 Å². The molecule has 2 aromatic carbocycles. The summed E-state index contributed by atoms with van der Waals surface area (Å²) < 4.78 is 0.952. The van der Waals surface area contributed by atoms with E-state index < -0.39 is 0 Å². The third kappa shape index (κ3) is 3.26. The Bertz CT molecular complexity index is 1190. The number of hydrogen-bond donors (Lipinski definition) is 0. The standard InChI is InChI=1S/C25H21NO2S/c1-4-10-19-17(3)29-23(22(19)18-11-6-5-7-12-18)16(2)15-26-24(27)20-13-8-9-14-21(20)25(26)28/h4-14,16H,1,3,15H2,2H3/b19-10+. The molecule has 4 heteroatoms. The Balaban J connectivity index is 1.75. The lowest BCUT2D eigenvalue weighted by atomic mass is 9.97. The van der Waals surface area contributed by atoms with E-state index in [1.165, 1.54) is 4.90 Å². The molecule has 0 spiro atoms. The Morgan fingerprint density at radius 2 is 1.59 bits per heavy atom. The fourth-order valence-electron chi connectivity index (χ4n) is 3.82. The van der Waals surface area contributed by atoms with Gasteiger partial charge >= 0.3 is 0 Å². The summed E-state index contributed by atoms with van der Waals surface area (Å²) in [5, 5.41) is 1.04. The van der Waals surface area contributed by atoms with Crippen LogP contribution in [0.15, 0.2) is 67.3 Å². The van der Waals surface area contributed by atoms with Crippen LogP contribution in [0.3, 0.4) is 0 Å². The van der Waals surface area contributed by atoms with Crippen LogP contribution in [0.5, 0.6) is 0 Å². The Morgan fingerprint density at radius 1 is 1.00 bits per heavy atom. The molecule has 2 heterocycles. The highest BCUT2D eigenvalue weighted by Gasteiger charge is 2.36. The normalized spacial score (nSPS) is 14.9. The quantitative estimate of drug-likeness (QED) is 0.603. The number of amides is 2. The van der Waals surface area contributed by atoms with Gasteiger partial charge < -0.3 is 0 Å². The van der Waals surface area contributed by atoms with Crippen molar-refractivity contribution < 1.29 is 9.59 Å². The number of fused-ring (bicyclic) bond motifs is 1. The van der Waals surface area contributed by atoms with Crippen molar-refractivity contribution in [1.82, 2.24) is 4.90 Å². The predicted octanol–water partition coefficient (Wildman–Crippen LogP) is 4.19. The zero-order chi connectivity index (χ0) is 20.5. The van der Waals surface area contributed by atoms with Gasteiger partial charge in [-0.15, -0.1) is 11.3 Å². The van der Waals surface area contributed by atoms with Crippen LogP contribution >= 0.6 is 11.3 Å². The van der Waals surface area contributed by atoms with Crippen molar-refractivity contribution in [3.63, 3.8) is 0 Å². The molecule has 1 aliphatic heterocycles. The summed E-state index contributed by atoms with van der Waals surface area (Å²) in [4.78, 5) is 28.0. The molecule has 0 radical (unpaired) electrons. The van der Waals surface area contributed by atoms with Crippen molar-refractivity contribution in [3.05, 3.63) is 93.0 Å². The lowest BCUT2D eigenvalue weighted by Crippen LogP contribution is -2.33. The number of nitrogens with zero attached hydrogens (tertiary/aromatic N) is 1. The number of carbonyl (C=O) groups is 2. The van der Waals surface area contributed by atoms with Gasteiger partial charge in [-0.05, 0) is 22.9 Å². The van der Waals surface area contributed by atoms with E-state index in [0.717, 1.165) is 25.8 Å². The molecule has 144 valence electrons. The first kappa shape index (κ1) is 19.1. The number of hydrogen-bond acceptors (Lipinski definition) is 3. The first-order valence-electron chi connectivity index (χ1n) is 9.48. The average Bonchev–Trinajstić information content (AvgIpc) is 3.19. The van der Waals surface area contributed by atoms with Crippen LogP contribution in [0, 0.1) is 0 Å². The van der Waals surface area contributed by atoms with Crippen LogP contribution in [-0.4, -0.2) is 23.3 Å². The number of benzene rings is 2. The van der Waals surface area contributed by atoms with Gasteiger partial charge in [-0.1, -0.05) is 74.7 Å². The highest BCUT2D eigenvalue weighted by molar-refractivity contribution is 7.10. The van der Waals surface area contributed by atoms with Crippen LogP contribution < -0.4 is 9.75 Å². The molecule has 0 bridgehead atoms. The molecule has 1 atom stereocenters. The van der Waals surface area contributed by atoms with Crippen molar-refractivity contribution in [3.8, 4) is 11.1 Å². The summed E-state index contributed by atoms with van der Waals surface area (Å²) in [5.41, 5.74) is 3.16. The molecule has 1 aliphatic rings. The molecule has 29 heavy (non-hydrogen) atoms. The lowest BCUT2D eigenvalue weighted by Gasteiger charge is -2.20. The van der Waals surface area contributed by atoms with Crippen LogP contribution in [0.2, 0.25) is 0 Å². The minimum absolute atomic E-state index is 0.0233. The van der Waals surface area contributed by atoms with Gasteiger partial charge in [0, 0.05) is 27.4 Å². The molecule has 1 aromatic heterocycles. The molecule has 0 fully saturated rings. The van der Waals surface area contributed by atoms with Gasteiger partial charge in [0.05, 0.1) is 11.1 Å². The highest BCUT2D eigenvalue weighted by Crippen LogP contribution is 2.32. The van der Waals surface area contributed by atoms with Crippen molar-refractivity contribution in [1.29, 1.82) is 0 Å². The Hall–Kier alpha value is -3.24. The van der Waals surface area contributed by atoms with Gasteiger partial charge in [0.25, 0.3) is 11.8 Å². The van der Waals surface area contributed by atoms with Gasteiger partial charge in [0.15, 0.2) is 0 Å². The second-order valence-corrected chi connectivity index (χ2v) is 8.25. The first-order chi connectivity index (χ1) is 14.0. The fourth-order valence-corrected chi connectivity index (χ4v) is 4.97. The van der Waals surface area contributed by atoms with Gasteiger partial charge in [-0.3, -0.25) is 14.5 Å². The number of allylic oxidation sites excluding steroid dienone is 1. The fraction of sp³-hybridized carbons (Fsp3) is 0.120. The zero-order valence-electron chi connectivity index (χ0n) is 16.2. The van der Waals surface area contributed by atoms with Crippen molar-refractivity contribution >= 4 is 35.8 Å². The maximum absolute atomic E-state index is 12.8. The molecule has 2 amide bonds. The number of imide groups is 1. The molecule has 0 saturated carbocycles.